The molecular weight excluding hydrogens is 330 g/mol. The molecule has 1 aromatic heterocycles. The summed E-state index contributed by atoms with van der Waals surface area (Å²) in [5.74, 6) is 0.163. The van der Waals surface area contributed by atoms with Crippen molar-refractivity contribution < 1.29 is 9.59 Å². The Labute approximate surface area is 152 Å². The van der Waals surface area contributed by atoms with E-state index < -0.39 is 0 Å². The van der Waals surface area contributed by atoms with E-state index in [-0.39, 0.29) is 17.7 Å². The Morgan fingerprint density at radius 3 is 2.38 bits per heavy atom. The Morgan fingerprint density at radius 1 is 0.962 bits per heavy atom. The third-order valence-electron chi connectivity index (χ3n) is 5.28. The topological polar surface area (TPSA) is 71.3 Å². The molecule has 0 bridgehead atoms. The van der Waals surface area contributed by atoms with E-state index in [1.54, 1.807) is 17.1 Å². The van der Waals surface area contributed by atoms with Crippen molar-refractivity contribution in [3.63, 3.8) is 0 Å². The van der Waals surface area contributed by atoms with Crippen molar-refractivity contribution in [2.75, 3.05) is 26.2 Å². The van der Waals surface area contributed by atoms with E-state index in [0.29, 0.717) is 18.7 Å². The van der Waals surface area contributed by atoms with Crippen LogP contribution in [0.1, 0.15) is 36.0 Å². The fourth-order valence-electron chi connectivity index (χ4n) is 3.84. The summed E-state index contributed by atoms with van der Waals surface area (Å²) in [5.41, 5.74) is 1.50. The Kier molecular flexibility index (Phi) is 4.69. The van der Waals surface area contributed by atoms with Gasteiger partial charge in [-0.2, -0.15) is 0 Å². The SMILES string of the molecule is O=C(c1ccc(-n2ccnn2)cc1)N1CCCC(C(=O)N2CCCC2)C1. The number of hydrogen-bond acceptors (Lipinski definition) is 4. The van der Waals surface area contributed by atoms with Crippen molar-refractivity contribution in [2.24, 2.45) is 5.92 Å². The normalized spacial score (nSPS) is 20.4. The highest BCUT2D eigenvalue weighted by molar-refractivity contribution is 5.95. The van der Waals surface area contributed by atoms with Gasteiger partial charge in [0.25, 0.3) is 5.91 Å². The minimum Gasteiger partial charge on any atom is -0.342 e. The van der Waals surface area contributed by atoms with Gasteiger partial charge in [0.2, 0.25) is 5.91 Å². The van der Waals surface area contributed by atoms with Gasteiger partial charge in [-0.1, -0.05) is 5.21 Å². The second kappa shape index (κ2) is 7.27. The summed E-state index contributed by atoms with van der Waals surface area (Å²) in [5, 5.41) is 7.74. The molecule has 2 fully saturated rings. The first-order valence-electron chi connectivity index (χ1n) is 9.27. The number of aromatic nitrogens is 3. The van der Waals surface area contributed by atoms with Crippen LogP contribution < -0.4 is 0 Å². The Hall–Kier alpha value is -2.70. The van der Waals surface area contributed by atoms with Crippen LogP contribution in [-0.2, 0) is 4.79 Å². The summed E-state index contributed by atoms with van der Waals surface area (Å²) in [4.78, 5) is 29.3. The van der Waals surface area contributed by atoms with Gasteiger partial charge in [-0.3, -0.25) is 9.59 Å². The molecule has 0 spiro atoms. The zero-order chi connectivity index (χ0) is 17.9. The van der Waals surface area contributed by atoms with Crippen LogP contribution >= 0.6 is 0 Å². The van der Waals surface area contributed by atoms with Gasteiger partial charge in [-0.05, 0) is 49.9 Å². The molecule has 0 radical (unpaired) electrons. The third-order valence-corrected chi connectivity index (χ3v) is 5.28. The lowest BCUT2D eigenvalue weighted by molar-refractivity contribution is -0.135. The lowest BCUT2D eigenvalue weighted by atomic mass is 9.96. The number of hydrogen-bond donors (Lipinski definition) is 0. The molecule has 136 valence electrons. The van der Waals surface area contributed by atoms with E-state index in [9.17, 15) is 9.59 Å². The van der Waals surface area contributed by atoms with Crippen molar-refractivity contribution in [2.45, 2.75) is 25.7 Å². The zero-order valence-electron chi connectivity index (χ0n) is 14.8. The van der Waals surface area contributed by atoms with Crippen LogP contribution in [0.15, 0.2) is 36.7 Å². The van der Waals surface area contributed by atoms with Gasteiger partial charge in [-0.25, -0.2) is 4.68 Å². The number of carbonyl (C=O) groups is 2. The van der Waals surface area contributed by atoms with E-state index in [1.807, 2.05) is 34.1 Å². The van der Waals surface area contributed by atoms with Crippen molar-refractivity contribution in [3.05, 3.63) is 42.2 Å². The second-order valence-electron chi connectivity index (χ2n) is 7.02. The first kappa shape index (κ1) is 16.8. The molecule has 26 heavy (non-hydrogen) atoms. The monoisotopic (exact) mass is 353 g/mol. The van der Waals surface area contributed by atoms with Crippen molar-refractivity contribution >= 4 is 11.8 Å². The number of likely N-dealkylation sites (tertiary alicyclic amines) is 2. The first-order chi connectivity index (χ1) is 12.7. The van der Waals surface area contributed by atoms with Crippen LogP contribution in [0.25, 0.3) is 5.69 Å². The van der Waals surface area contributed by atoms with E-state index in [4.69, 9.17) is 0 Å². The van der Waals surface area contributed by atoms with Gasteiger partial charge in [0.15, 0.2) is 0 Å². The highest BCUT2D eigenvalue weighted by atomic mass is 16.2. The van der Waals surface area contributed by atoms with Gasteiger partial charge < -0.3 is 9.80 Å². The maximum Gasteiger partial charge on any atom is 0.253 e. The van der Waals surface area contributed by atoms with Gasteiger partial charge in [-0.15, -0.1) is 5.10 Å². The lowest BCUT2D eigenvalue weighted by Crippen LogP contribution is -2.46. The maximum absolute atomic E-state index is 12.9. The minimum absolute atomic E-state index is 0.00550. The molecule has 7 heteroatoms. The summed E-state index contributed by atoms with van der Waals surface area (Å²) in [6.45, 7) is 2.98. The molecule has 3 heterocycles. The Morgan fingerprint density at radius 2 is 1.69 bits per heavy atom. The molecule has 0 aliphatic carbocycles. The number of piperidine rings is 1. The van der Waals surface area contributed by atoms with E-state index in [1.165, 1.54) is 0 Å². The standard InChI is InChI=1S/C19H23N5O2/c25-18(15-5-7-17(8-6-15)24-13-9-20-21-24)23-12-3-4-16(14-23)19(26)22-10-1-2-11-22/h5-9,13,16H,1-4,10-12,14H2. The fourth-order valence-corrected chi connectivity index (χ4v) is 3.84. The van der Waals surface area contributed by atoms with Gasteiger partial charge >= 0.3 is 0 Å². The molecule has 0 saturated carbocycles. The summed E-state index contributed by atoms with van der Waals surface area (Å²) >= 11 is 0. The van der Waals surface area contributed by atoms with E-state index in [2.05, 4.69) is 10.3 Å². The summed E-state index contributed by atoms with van der Waals surface area (Å²) < 4.78 is 1.65. The second-order valence-corrected chi connectivity index (χ2v) is 7.02. The van der Waals surface area contributed by atoms with Crippen LogP contribution in [0.4, 0.5) is 0 Å². The molecule has 7 nitrogen and oxygen atoms in total. The Bertz CT molecular complexity index is 766. The summed E-state index contributed by atoms with van der Waals surface area (Å²) in [6, 6.07) is 7.34. The average molecular weight is 353 g/mol. The molecule has 2 aliphatic rings. The largest absolute Gasteiger partial charge is 0.342 e. The van der Waals surface area contributed by atoms with Crippen LogP contribution in [-0.4, -0.2) is 62.8 Å². The predicted octanol–water partition coefficient (Wildman–Crippen LogP) is 1.74. The number of amides is 2. The van der Waals surface area contributed by atoms with E-state index in [0.717, 1.165) is 44.5 Å². The fraction of sp³-hybridized carbons (Fsp3) is 0.474. The van der Waals surface area contributed by atoms with Crippen molar-refractivity contribution in [1.82, 2.24) is 24.8 Å². The predicted molar refractivity (Wildman–Crippen MR) is 95.8 cm³/mol. The van der Waals surface area contributed by atoms with Gasteiger partial charge in [0, 0.05) is 31.7 Å². The first-order valence-corrected chi connectivity index (χ1v) is 9.27. The smallest absolute Gasteiger partial charge is 0.253 e. The zero-order valence-corrected chi connectivity index (χ0v) is 14.8. The quantitative estimate of drug-likeness (QED) is 0.843. The molecule has 2 aliphatic heterocycles. The molecule has 2 amide bonds. The molecule has 2 saturated heterocycles. The molecule has 1 atom stereocenters. The lowest BCUT2D eigenvalue weighted by Gasteiger charge is -2.34. The highest BCUT2D eigenvalue weighted by Crippen LogP contribution is 2.23. The molecule has 1 unspecified atom stereocenters. The summed E-state index contributed by atoms with van der Waals surface area (Å²) in [7, 11) is 0. The number of rotatable bonds is 3. The molecule has 0 N–H and O–H groups in total. The third kappa shape index (κ3) is 3.34. The number of nitrogens with zero attached hydrogens (tertiary/aromatic N) is 5. The van der Waals surface area contributed by atoms with Crippen LogP contribution in [0.2, 0.25) is 0 Å². The van der Waals surface area contributed by atoms with Crippen molar-refractivity contribution in [1.29, 1.82) is 0 Å². The highest BCUT2D eigenvalue weighted by Gasteiger charge is 2.32. The van der Waals surface area contributed by atoms with Crippen molar-refractivity contribution in [3.8, 4) is 5.69 Å². The summed E-state index contributed by atoms with van der Waals surface area (Å²) in [6.07, 6.45) is 7.33. The van der Waals surface area contributed by atoms with Crippen LogP contribution in [0.5, 0.6) is 0 Å². The molecule has 1 aromatic carbocycles. The molecular formula is C19H23N5O2. The van der Waals surface area contributed by atoms with Crippen LogP contribution in [0.3, 0.4) is 0 Å². The van der Waals surface area contributed by atoms with Gasteiger partial charge in [0.1, 0.15) is 0 Å². The van der Waals surface area contributed by atoms with E-state index >= 15 is 0 Å². The average Bonchev–Trinajstić information content (AvgIpc) is 3.41. The minimum atomic E-state index is -0.0554. The Balaban J connectivity index is 1.43. The van der Waals surface area contributed by atoms with Gasteiger partial charge in [0.05, 0.1) is 24.0 Å². The molecule has 4 rings (SSSR count). The maximum atomic E-state index is 12.9. The number of benzene rings is 1. The van der Waals surface area contributed by atoms with Crippen LogP contribution in [0, 0.1) is 5.92 Å². The number of carbonyl (C=O) groups excluding carboxylic acids is 2. The molecule has 2 aromatic rings.